The van der Waals surface area contributed by atoms with E-state index in [9.17, 15) is 0 Å². The normalized spacial score (nSPS) is 11.9. The topological polar surface area (TPSA) is 36.4 Å². The summed E-state index contributed by atoms with van der Waals surface area (Å²) in [7, 11) is 1.82. The zero-order valence-corrected chi connectivity index (χ0v) is 16.2. The van der Waals surface area contributed by atoms with Gasteiger partial charge in [-0.25, -0.2) is 0 Å². The molecule has 6 heteroatoms. The standard InChI is InChI=1S/C12H27N3S2.HI/c1-12(2,17-5)10-15-11(13-3)14-8-6-7-9-16-4;/h6-10H2,1-5H3,(H2,13,14,15);1H. The number of unbranched alkanes of at least 4 members (excludes halogenated alkanes) is 1. The van der Waals surface area contributed by atoms with Gasteiger partial charge in [0, 0.05) is 24.9 Å². The third kappa shape index (κ3) is 11.8. The first-order chi connectivity index (χ1) is 8.05. The maximum Gasteiger partial charge on any atom is 0.191 e. The molecule has 0 aromatic rings. The van der Waals surface area contributed by atoms with Crippen molar-refractivity contribution in [1.82, 2.24) is 10.6 Å². The van der Waals surface area contributed by atoms with Gasteiger partial charge in [0.1, 0.15) is 0 Å². The predicted octanol–water partition coefficient (Wildman–Crippen LogP) is 3.05. The van der Waals surface area contributed by atoms with E-state index in [1.54, 1.807) is 0 Å². The van der Waals surface area contributed by atoms with Crippen LogP contribution in [0, 0.1) is 0 Å². The molecule has 2 N–H and O–H groups in total. The third-order valence-corrected chi connectivity index (χ3v) is 4.47. The highest BCUT2D eigenvalue weighted by molar-refractivity contribution is 14.0. The minimum Gasteiger partial charge on any atom is -0.356 e. The number of guanidine groups is 1. The summed E-state index contributed by atoms with van der Waals surface area (Å²) in [6.07, 6.45) is 6.76. The van der Waals surface area contributed by atoms with Crippen LogP contribution < -0.4 is 10.6 Å². The molecule has 0 spiro atoms. The second-order valence-corrected chi connectivity index (χ2v) is 7.02. The monoisotopic (exact) mass is 405 g/mol. The van der Waals surface area contributed by atoms with Crippen LogP contribution in [0.1, 0.15) is 26.7 Å². The zero-order chi connectivity index (χ0) is 13.1. The van der Waals surface area contributed by atoms with Crippen LogP contribution in [0.2, 0.25) is 0 Å². The summed E-state index contributed by atoms with van der Waals surface area (Å²) in [6, 6.07) is 0. The molecule has 0 unspecified atom stereocenters. The number of thioether (sulfide) groups is 2. The highest BCUT2D eigenvalue weighted by atomic mass is 127. The van der Waals surface area contributed by atoms with Crippen LogP contribution in [0.15, 0.2) is 4.99 Å². The van der Waals surface area contributed by atoms with Gasteiger partial charge in [-0.3, -0.25) is 4.99 Å². The summed E-state index contributed by atoms with van der Waals surface area (Å²) in [5, 5.41) is 6.71. The summed E-state index contributed by atoms with van der Waals surface area (Å²) in [4.78, 5) is 4.22. The second kappa shape index (κ2) is 12.7. The average Bonchev–Trinajstić information content (AvgIpc) is 2.32. The van der Waals surface area contributed by atoms with Crippen LogP contribution in [-0.4, -0.2) is 49.1 Å². The van der Waals surface area contributed by atoms with E-state index >= 15 is 0 Å². The van der Waals surface area contributed by atoms with Crippen molar-refractivity contribution < 1.29 is 0 Å². The summed E-state index contributed by atoms with van der Waals surface area (Å²) in [5.41, 5.74) is 0. The molecule has 18 heavy (non-hydrogen) atoms. The van der Waals surface area contributed by atoms with Crippen molar-refractivity contribution in [3.63, 3.8) is 0 Å². The molecule has 0 aromatic heterocycles. The summed E-state index contributed by atoms with van der Waals surface area (Å²) in [5.74, 6) is 2.16. The lowest BCUT2D eigenvalue weighted by atomic mass is 10.2. The Balaban J connectivity index is 0. The first kappa shape index (κ1) is 21.0. The molecule has 0 aromatic carbocycles. The van der Waals surface area contributed by atoms with Gasteiger partial charge in [0.05, 0.1) is 0 Å². The lowest BCUT2D eigenvalue weighted by Crippen LogP contribution is -2.43. The minimum absolute atomic E-state index is 0. The number of nitrogens with one attached hydrogen (secondary N) is 2. The summed E-state index contributed by atoms with van der Waals surface area (Å²) < 4.78 is 0.246. The first-order valence-electron chi connectivity index (χ1n) is 6.04. The zero-order valence-electron chi connectivity index (χ0n) is 12.2. The van der Waals surface area contributed by atoms with E-state index in [0.29, 0.717) is 0 Å². The van der Waals surface area contributed by atoms with Gasteiger partial charge in [-0.05, 0) is 45.0 Å². The highest BCUT2D eigenvalue weighted by Gasteiger charge is 2.15. The van der Waals surface area contributed by atoms with E-state index in [1.165, 1.54) is 18.6 Å². The molecule has 0 heterocycles. The molecule has 0 aliphatic rings. The van der Waals surface area contributed by atoms with E-state index in [2.05, 4.69) is 42.0 Å². The highest BCUT2D eigenvalue weighted by Crippen LogP contribution is 2.19. The lowest BCUT2D eigenvalue weighted by Gasteiger charge is -2.23. The van der Waals surface area contributed by atoms with Gasteiger partial charge in [0.25, 0.3) is 0 Å². The number of halogens is 1. The Morgan fingerprint density at radius 1 is 1.17 bits per heavy atom. The predicted molar refractivity (Wildman–Crippen MR) is 100.0 cm³/mol. The molecule has 0 bridgehead atoms. The molecule has 0 aliphatic carbocycles. The van der Waals surface area contributed by atoms with E-state index in [-0.39, 0.29) is 28.7 Å². The number of hydrogen-bond donors (Lipinski definition) is 2. The van der Waals surface area contributed by atoms with Gasteiger partial charge < -0.3 is 10.6 Å². The molecule has 0 aliphatic heterocycles. The van der Waals surface area contributed by atoms with E-state index in [0.717, 1.165) is 19.0 Å². The van der Waals surface area contributed by atoms with E-state index < -0.39 is 0 Å². The van der Waals surface area contributed by atoms with Crippen LogP contribution >= 0.6 is 47.5 Å². The average molecular weight is 405 g/mol. The Labute approximate surface area is 138 Å². The van der Waals surface area contributed by atoms with Gasteiger partial charge in [-0.15, -0.1) is 24.0 Å². The molecule has 0 rings (SSSR count). The quantitative estimate of drug-likeness (QED) is 0.282. The fourth-order valence-corrected chi connectivity index (χ4v) is 1.88. The van der Waals surface area contributed by atoms with Crippen LogP contribution in [0.25, 0.3) is 0 Å². The first-order valence-corrected chi connectivity index (χ1v) is 8.66. The fraction of sp³-hybridized carbons (Fsp3) is 0.917. The van der Waals surface area contributed by atoms with Crippen LogP contribution in [0.4, 0.5) is 0 Å². The maximum atomic E-state index is 4.22. The molecule has 0 radical (unpaired) electrons. The van der Waals surface area contributed by atoms with E-state index in [1.807, 2.05) is 30.6 Å². The Kier molecular flexibility index (Phi) is 14.8. The van der Waals surface area contributed by atoms with Crippen molar-refractivity contribution in [2.24, 2.45) is 4.99 Å². The van der Waals surface area contributed by atoms with Crippen LogP contribution in [-0.2, 0) is 0 Å². The summed E-state index contributed by atoms with van der Waals surface area (Å²) in [6.45, 7) is 6.39. The van der Waals surface area contributed by atoms with Gasteiger partial charge in [0.15, 0.2) is 5.96 Å². The van der Waals surface area contributed by atoms with Gasteiger partial charge in [-0.2, -0.15) is 23.5 Å². The molecule has 110 valence electrons. The largest absolute Gasteiger partial charge is 0.356 e. The second-order valence-electron chi connectivity index (χ2n) is 4.52. The Bertz CT molecular complexity index is 223. The third-order valence-electron chi connectivity index (χ3n) is 2.53. The lowest BCUT2D eigenvalue weighted by molar-refractivity contribution is 0.658. The summed E-state index contributed by atoms with van der Waals surface area (Å²) >= 11 is 3.77. The number of rotatable bonds is 8. The molecule has 3 nitrogen and oxygen atoms in total. The molecule has 0 atom stereocenters. The van der Waals surface area contributed by atoms with Crippen molar-refractivity contribution in [2.75, 3.05) is 38.4 Å². The molecule has 0 saturated carbocycles. The Hall–Kier alpha value is 0.700. The number of aliphatic imine (C=N–C) groups is 1. The van der Waals surface area contributed by atoms with Crippen LogP contribution in [0.3, 0.4) is 0 Å². The fourth-order valence-electron chi connectivity index (χ4n) is 1.17. The molecular weight excluding hydrogens is 377 g/mol. The van der Waals surface area contributed by atoms with Gasteiger partial charge >= 0.3 is 0 Å². The van der Waals surface area contributed by atoms with Crippen molar-refractivity contribution >= 4 is 53.5 Å². The minimum atomic E-state index is 0. The SMILES string of the molecule is CN=C(NCCCCSC)NCC(C)(C)SC.I. The van der Waals surface area contributed by atoms with Crippen molar-refractivity contribution in [2.45, 2.75) is 31.4 Å². The molecule has 0 saturated heterocycles. The smallest absolute Gasteiger partial charge is 0.191 e. The van der Waals surface area contributed by atoms with Crippen molar-refractivity contribution in [3.05, 3.63) is 0 Å². The molecule has 0 fully saturated rings. The molecule has 0 amide bonds. The van der Waals surface area contributed by atoms with Crippen molar-refractivity contribution in [3.8, 4) is 0 Å². The van der Waals surface area contributed by atoms with Crippen LogP contribution in [0.5, 0.6) is 0 Å². The van der Waals surface area contributed by atoms with Crippen molar-refractivity contribution in [1.29, 1.82) is 0 Å². The van der Waals surface area contributed by atoms with Gasteiger partial charge in [-0.1, -0.05) is 0 Å². The van der Waals surface area contributed by atoms with E-state index in [4.69, 9.17) is 0 Å². The number of hydrogen-bond acceptors (Lipinski definition) is 3. The Morgan fingerprint density at radius 2 is 1.83 bits per heavy atom. The Morgan fingerprint density at radius 3 is 2.33 bits per heavy atom. The van der Waals surface area contributed by atoms with Gasteiger partial charge in [0.2, 0.25) is 0 Å². The maximum absolute atomic E-state index is 4.22. The molecular formula is C12H28IN3S2. The number of nitrogens with zero attached hydrogens (tertiary/aromatic N) is 1.